The van der Waals surface area contributed by atoms with Crippen LogP contribution >= 0.6 is 11.6 Å². The molecule has 1 atom stereocenters. The maximum Gasteiger partial charge on any atom is 0.241 e. The Morgan fingerprint density at radius 3 is 2.62 bits per heavy atom. The van der Waals surface area contributed by atoms with E-state index in [1.807, 2.05) is 6.92 Å². The molecule has 1 rings (SSSR count). The SMILES string of the molecule is CCN(CC(=O)NC)C(C)C(=O)Nc1ccc(N)cc1Cl. The Labute approximate surface area is 129 Å². The molecule has 21 heavy (non-hydrogen) atoms. The van der Waals surface area contributed by atoms with Crippen molar-refractivity contribution in [2.45, 2.75) is 19.9 Å². The van der Waals surface area contributed by atoms with Gasteiger partial charge in [0.1, 0.15) is 0 Å². The van der Waals surface area contributed by atoms with Crippen molar-refractivity contribution in [3.8, 4) is 0 Å². The molecule has 4 N–H and O–H groups in total. The first-order valence-corrected chi connectivity index (χ1v) is 7.07. The van der Waals surface area contributed by atoms with Crippen molar-refractivity contribution in [2.24, 2.45) is 0 Å². The number of nitrogen functional groups attached to an aromatic ring is 1. The van der Waals surface area contributed by atoms with E-state index in [1.54, 1.807) is 37.1 Å². The molecule has 2 amide bonds. The van der Waals surface area contributed by atoms with E-state index in [-0.39, 0.29) is 18.4 Å². The number of nitrogens with two attached hydrogens (primary N) is 1. The second-order valence-corrected chi connectivity index (χ2v) is 5.05. The van der Waals surface area contributed by atoms with Gasteiger partial charge in [0.2, 0.25) is 11.8 Å². The molecule has 6 nitrogen and oxygen atoms in total. The van der Waals surface area contributed by atoms with Crippen LogP contribution in [0.2, 0.25) is 5.02 Å². The number of hydrogen-bond acceptors (Lipinski definition) is 4. The Balaban J connectivity index is 2.74. The van der Waals surface area contributed by atoms with E-state index in [1.165, 1.54) is 0 Å². The smallest absolute Gasteiger partial charge is 0.241 e. The number of carbonyl (C=O) groups is 2. The second kappa shape index (κ2) is 7.85. The van der Waals surface area contributed by atoms with Crippen LogP contribution in [-0.2, 0) is 9.59 Å². The Morgan fingerprint density at radius 1 is 1.43 bits per heavy atom. The van der Waals surface area contributed by atoms with Gasteiger partial charge in [0.05, 0.1) is 23.3 Å². The molecule has 0 heterocycles. The molecule has 0 bridgehead atoms. The van der Waals surface area contributed by atoms with Gasteiger partial charge in [-0.1, -0.05) is 18.5 Å². The summed E-state index contributed by atoms with van der Waals surface area (Å²) in [6, 6.07) is 4.43. The van der Waals surface area contributed by atoms with Crippen molar-refractivity contribution in [3.05, 3.63) is 23.2 Å². The summed E-state index contributed by atoms with van der Waals surface area (Å²) in [5.41, 5.74) is 6.64. The third kappa shape index (κ3) is 4.91. The van der Waals surface area contributed by atoms with Gasteiger partial charge in [0, 0.05) is 12.7 Å². The van der Waals surface area contributed by atoms with Crippen LogP contribution in [0.5, 0.6) is 0 Å². The summed E-state index contributed by atoms with van der Waals surface area (Å²) in [4.78, 5) is 25.4. The minimum atomic E-state index is -0.457. The number of rotatable bonds is 6. The van der Waals surface area contributed by atoms with E-state index in [9.17, 15) is 9.59 Å². The predicted molar refractivity (Wildman–Crippen MR) is 85.3 cm³/mol. The lowest BCUT2D eigenvalue weighted by molar-refractivity contribution is -0.125. The minimum Gasteiger partial charge on any atom is -0.399 e. The average Bonchev–Trinajstić information content (AvgIpc) is 2.46. The Hall–Kier alpha value is -1.79. The van der Waals surface area contributed by atoms with E-state index in [2.05, 4.69) is 10.6 Å². The number of benzene rings is 1. The van der Waals surface area contributed by atoms with Gasteiger partial charge >= 0.3 is 0 Å². The molecule has 1 aromatic carbocycles. The molecule has 1 unspecified atom stereocenters. The van der Waals surface area contributed by atoms with Crippen LogP contribution < -0.4 is 16.4 Å². The van der Waals surface area contributed by atoms with E-state index in [0.717, 1.165) is 0 Å². The molecule has 116 valence electrons. The van der Waals surface area contributed by atoms with E-state index >= 15 is 0 Å². The Bertz CT molecular complexity index is 522. The largest absolute Gasteiger partial charge is 0.399 e. The summed E-state index contributed by atoms with van der Waals surface area (Å²) < 4.78 is 0. The molecule has 0 saturated heterocycles. The molecular formula is C14H21ClN4O2. The normalized spacial score (nSPS) is 12.0. The summed E-state index contributed by atoms with van der Waals surface area (Å²) in [5, 5.41) is 5.66. The quantitative estimate of drug-likeness (QED) is 0.691. The predicted octanol–water partition coefficient (Wildman–Crippen LogP) is 1.32. The molecule has 0 spiro atoms. The number of amides is 2. The maximum atomic E-state index is 12.2. The van der Waals surface area contributed by atoms with Crippen LogP contribution in [0.4, 0.5) is 11.4 Å². The molecule has 7 heteroatoms. The van der Waals surface area contributed by atoms with Gasteiger partial charge in [-0.2, -0.15) is 0 Å². The zero-order valence-corrected chi connectivity index (χ0v) is 13.2. The summed E-state index contributed by atoms with van der Waals surface area (Å²) in [6.07, 6.45) is 0. The first-order valence-electron chi connectivity index (χ1n) is 6.69. The number of anilines is 2. The lowest BCUT2D eigenvalue weighted by Crippen LogP contribution is -2.46. The first-order chi connectivity index (χ1) is 9.88. The van der Waals surface area contributed by atoms with Gasteiger partial charge in [0.25, 0.3) is 0 Å². The number of nitrogens with zero attached hydrogens (tertiary/aromatic N) is 1. The van der Waals surface area contributed by atoms with Crippen molar-refractivity contribution in [1.82, 2.24) is 10.2 Å². The van der Waals surface area contributed by atoms with E-state index in [0.29, 0.717) is 22.9 Å². The summed E-state index contributed by atoms with van der Waals surface area (Å²) >= 11 is 6.03. The molecule has 0 aliphatic heterocycles. The van der Waals surface area contributed by atoms with Crippen molar-refractivity contribution in [2.75, 3.05) is 31.2 Å². The van der Waals surface area contributed by atoms with Gasteiger partial charge in [-0.05, 0) is 31.7 Å². The number of hydrogen-bond donors (Lipinski definition) is 3. The maximum absolute atomic E-state index is 12.2. The van der Waals surface area contributed by atoms with Crippen LogP contribution in [0.1, 0.15) is 13.8 Å². The summed E-state index contributed by atoms with van der Waals surface area (Å²) in [5.74, 6) is -0.366. The number of carbonyl (C=O) groups excluding carboxylic acids is 2. The van der Waals surface area contributed by atoms with Crippen molar-refractivity contribution in [3.63, 3.8) is 0 Å². The molecule has 0 fully saturated rings. The lowest BCUT2D eigenvalue weighted by Gasteiger charge is -2.26. The van der Waals surface area contributed by atoms with Crippen molar-refractivity contribution >= 4 is 34.8 Å². The Kier molecular flexibility index (Phi) is 6.45. The zero-order chi connectivity index (χ0) is 16.0. The number of halogens is 1. The summed E-state index contributed by atoms with van der Waals surface area (Å²) in [6.45, 7) is 4.38. The van der Waals surface area contributed by atoms with Gasteiger partial charge < -0.3 is 16.4 Å². The van der Waals surface area contributed by atoms with Gasteiger partial charge in [-0.25, -0.2) is 0 Å². The van der Waals surface area contributed by atoms with Crippen LogP contribution in [-0.4, -0.2) is 42.9 Å². The van der Waals surface area contributed by atoms with Crippen molar-refractivity contribution < 1.29 is 9.59 Å². The summed E-state index contributed by atoms with van der Waals surface area (Å²) in [7, 11) is 1.56. The van der Waals surface area contributed by atoms with Gasteiger partial charge in [0.15, 0.2) is 0 Å². The second-order valence-electron chi connectivity index (χ2n) is 4.64. The molecule has 0 aliphatic carbocycles. The highest BCUT2D eigenvalue weighted by molar-refractivity contribution is 6.34. The molecule has 0 saturated carbocycles. The highest BCUT2D eigenvalue weighted by Gasteiger charge is 2.22. The van der Waals surface area contributed by atoms with Gasteiger partial charge in [-0.3, -0.25) is 14.5 Å². The third-order valence-electron chi connectivity index (χ3n) is 3.21. The monoisotopic (exact) mass is 312 g/mol. The van der Waals surface area contributed by atoms with Crippen LogP contribution in [0.25, 0.3) is 0 Å². The fourth-order valence-electron chi connectivity index (χ4n) is 1.82. The molecule has 0 radical (unpaired) electrons. The van der Waals surface area contributed by atoms with E-state index < -0.39 is 6.04 Å². The van der Waals surface area contributed by atoms with Crippen molar-refractivity contribution in [1.29, 1.82) is 0 Å². The molecule has 0 aliphatic rings. The van der Waals surface area contributed by atoms with Crippen LogP contribution in [0, 0.1) is 0 Å². The van der Waals surface area contributed by atoms with Crippen LogP contribution in [0.3, 0.4) is 0 Å². The molecule has 1 aromatic rings. The fraction of sp³-hybridized carbons (Fsp3) is 0.429. The Morgan fingerprint density at radius 2 is 2.10 bits per heavy atom. The zero-order valence-electron chi connectivity index (χ0n) is 12.4. The lowest BCUT2D eigenvalue weighted by atomic mass is 10.2. The molecular weight excluding hydrogens is 292 g/mol. The third-order valence-corrected chi connectivity index (χ3v) is 3.52. The first kappa shape index (κ1) is 17.3. The van der Waals surface area contributed by atoms with Crippen LogP contribution in [0.15, 0.2) is 18.2 Å². The number of nitrogens with one attached hydrogen (secondary N) is 2. The van der Waals surface area contributed by atoms with E-state index in [4.69, 9.17) is 17.3 Å². The average molecular weight is 313 g/mol. The highest BCUT2D eigenvalue weighted by Crippen LogP contribution is 2.24. The minimum absolute atomic E-state index is 0.137. The molecule has 0 aromatic heterocycles. The topological polar surface area (TPSA) is 87.5 Å². The fourth-order valence-corrected chi connectivity index (χ4v) is 2.06. The highest BCUT2D eigenvalue weighted by atomic mass is 35.5. The standard InChI is InChI=1S/C14H21ClN4O2/c1-4-19(8-13(20)17-3)9(2)14(21)18-12-6-5-10(16)7-11(12)15/h5-7,9H,4,8,16H2,1-3H3,(H,17,20)(H,18,21). The van der Waals surface area contributed by atoms with Gasteiger partial charge in [-0.15, -0.1) is 0 Å². The number of likely N-dealkylation sites (N-methyl/N-ethyl adjacent to an activating group) is 2.